The van der Waals surface area contributed by atoms with Crippen molar-refractivity contribution in [1.29, 1.82) is 0 Å². The van der Waals surface area contributed by atoms with Crippen molar-refractivity contribution < 1.29 is 18.7 Å². The Morgan fingerprint density at radius 2 is 1.83 bits per heavy atom. The molecule has 1 aromatic carbocycles. The maximum Gasteiger partial charge on any atom is 0.407 e. The number of piperidine rings is 1. The number of carbonyl (C=O) groups is 1. The molecule has 29 heavy (non-hydrogen) atoms. The molecule has 9 heteroatoms. The average Bonchev–Trinajstić information content (AvgIpc) is 2.62. The molecule has 1 aromatic heterocycles. The van der Waals surface area contributed by atoms with Crippen molar-refractivity contribution in [3.63, 3.8) is 0 Å². The first-order valence-corrected chi connectivity index (χ1v) is 9.67. The number of benzene rings is 1. The van der Waals surface area contributed by atoms with E-state index in [0.717, 1.165) is 18.3 Å². The molecule has 0 spiro atoms. The summed E-state index contributed by atoms with van der Waals surface area (Å²) in [4.78, 5) is 31.4. The molecule has 0 radical (unpaired) electrons. The lowest BCUT2D eigenvalue weighted by molar-refractivity contribution is 0.0417. The molecule has 158 valence electrons. The number of fused-ring (bicyclic) bond motifs is 1. The second-order valence-corrected chi connectivity index (χ2v) is 8.40. The third-order valence-electron chi connectivity index (χ3n) is 5.38. The maximum atomic E-state index is 13.7. The van der Waals surface area contributed by atoms with Crippen LogP contribution in [0.1, 0.15) is 33.6 Å². The molecule has 0 atom stereocenters. The summed E-state index contributed by atoms with van der Waals surface area (Å²) in [5, 5.41) is 9.56. The van der Waals surface area contributed by atoms with E-state index in [0.29, 0.717) is 39.0 Å². The Balaban J connectivity index is 1.68. The van der Waals surface area contributed by atoms with E-state index in [1.807, 2.05) is 20.8 Å². The van der Waals surface area contributed by atoms with Gasteiger partial charge in [-0.1, -0.05) is 0 Å². The SMILES string of the molecule is CC(C)(C)N(C(=O)O)C1CCN(CCn2c(=O)cnc3cc(F)c(F)cc32)CC1. The molecule has 7 nitrogen and oxygen atoms in total. The molecule has 0 bridgehead atoms. The number of hydrogen-bond acceptors (Lipinski definition) is 4. The smallest absolute Gasteiger partial charge is 0.407 e. The standard InChI is InChI=1S/C20H26F2N4O3/c1-20(2,3)26(19(28)29)13-4-6-24(7-5-13)8-9-25-17-11-15(22)14(21)10-16(17)23-12-18(25)27/h10-13H,4-9H2,1-3H3,(H,28,29). The number of rotatable bonds is 4. The zero-order valence-corrected chi connectivity index (χ0v) is 16.9. The summed E-state index contributed by atoms with van der Waals surface area (Å²) in [5.41, 5.74) is -0.356. The minimum absolute atomic E-state index is 0.0506. The number of amides is 1. The van der Waals surface area contributed by atoms with Crippen molar-refractivity contribution in [1.82, 2.24) is 19.4 Å². The quantitative estimate of drug-likeness (QED) is 0.842. The second kappa shape index (κ2) is 8.06. The van der Waals surface area contributed by atoms with Gasteiger partial charge in [0.05, 0.1) is 17.2 Å². The van der Waals surface area contributed by atoms with Crippen LogP contribution in [0.2, 0.25) is 0 Å². The third kappa shape index (κ3) is 4.55. The van der Waals surface area contributed by atoms with Gasteiger partial charge in [-0.3, -0.25) is 4.79 Å². The van der Waals surface area contributed by atoms with Gasteiger partial charge in [-0.05, 0) is 33.6 Å². The fourth-order valence-electron chi connectivity index (χ4n) is 4.02. The van der Waals surface area contributed by atoms with Crippen LogP contribution >= 0.6 is 0 Å². The lowest BCUT2D eigenvalue weighted by Crippen LogP contribution is -2.54. The van der Waals surface area contributed by atoms with E-state index in [1.54, 1.807) is 0 Å². The maximum absolute atomic E-state index is 13.7. The number of likely N-dealkylation sites (tertiary alicyclic amines) is 1. The zero-order valence-electron chi connectivity index (χ0n) is 16.9. The van der Waals surface area contributed by atoms with E-state index >= 15 is 0 Å². The van der Waals surface area contributed by atoms with Crippen LogP contribution in [0, 0.1) is 11.6 Å². The number of halogens is 2. The predicted octanol–water partition coefficient (Wildman–Crippen LogP) is 2.92. The van der Waals surface area contributed by atoms with Crippen molar-refractivity contribution in [2.75, 3.05) is 19.6 Å². The summed E-state index contributed by atoms with van der Waals surface area (Å²) in [5.74, 6) is -2.02. The topological polar surface area (TPSA) is 78.7 Å². The number of aromatic nitrogens is 2. The second-order valence-electron chi connectivity index (χ2n) is 8.40. The molecule has 0 saturated carbocycles. The predicted molar refractivity (Wildman–Crippen MR) is 105 cm³/mol. The van der Waals surface area contributed by atoms with Gasteiger partial charge in [0.25, 0.3) is 5.56 Å². The van der Waals surface area contributed by atoms with Gasteiger partial charge >= 0.3 is 6.09 Å². The summed E-state index contributed by atoms with van der Waals surface area (Å²) in [6.07, 6.45) is 1.60. The van der Waals surface area contributed by atoms with E-state index in [-0.39, 0.29) is 22.6 Å². The Hall–Kier alpha value is -2.55. The van der Waals surface area contributed by atoms with Crippen molar-refractivity contribution in [3.8, 4) is 0 Å². The Kier molecular flexibility index (Phi) is 5.88. The zero-order chi connectivity index (χ0) is 21.3. The normalized spacial score (nSPS) is 16.3. The number of nitrogens with zero attached hydrogens (tertiary/aromatic N) is 4. The Labute approximate surface area is 167 Å². The highest BCUT2D eigenvalue weighted by molar-refractivity contribution is 5.74. The lowest BCUT2D eigenvalue weighted by Gasteiger charge is -2.43. The van der Waals surface area contributed by atoms with Crippen LogP contribution in [0.15, 0.2) is 23.1 Å². The summed E-state index contributed by atoms with van der Waals surface area (Å²) in [6.45, 7) is 7.92. The van der Waals surface area contributed by atoms with E-state index in [9.17, 15) is 23.5 Å². The van der Waals surface area contributed by atoms with E-state index in [1.165, 1.54) is 9.47 Å². The molecular formula is C20H26F2N4O3. The van der Waals surface area contributed by atoms with E-state index in [4.69, 9.17) is 0 Å². The first-order chi connectivity index (χ1) is 13.6. The van der Waals surface area contributed by atoms with Crippen LogP contribution in [0.4, 0.5) is 13.6 Å². The van der Waals surface area contributed by atoms with Gasteiger partial charge in [0.1, 0.15) is 0 Å². The van der Waals surface area contributed by atoms with Gasteiger partial charge in [0, 0.05) is 49.9 Å². The van der Waals surface area contributed by atoms with Crippen LogP contribution in [-0.4, -0.2) is 61.8 Å². The Morgan fingerprint density at radius 3 is 2.41 bits per heavy atom. The molecule has 0 aliphatic carbocycles. The van der Waals surface area contributed by atoms with Crippen LogP contribution in [0.3, 0.4) is 0 Å². The van der Waals surface area contributed by atoms with Gasteiger partial charge < -0.3 is 19.5 Å². The Bertz CT molecular complexity index is 963. The molecule has 1 amide bonds. The molecule has 1 N–H and O–H groups in total. The minimum Gasteiger partial charge on any atom is -0.465 e. The molecule has 2 aromatic rings. The highest BCUT2D eigenvalue weighted by atomic mass is 19.2. The number of carboxylic acid groups (broad SMARTS) is 1. The highest BCUT2D eigenvalue weighted by Gasteiger charge is 2.35. The molecule has 0 unspecified atom stereocenters. The third-order valence-corrected chi connectivity index (χ3v) is 5.38. The molecular weight excluding hydrogens is 382 g/mol. The molecule has 1 saturated heterocycles. The van der Waals surface area contributed by atoms with Crippen LogP contribution in [0.5, 0.6) is 0 Å². The largest absolute Gasteiger partial charge is 0.465 e. The van der Waals surface area contributed by atoms with Crippen molar-refractivity contribution >= 4 is 17.1 Å². The molecule has 1 aliphatic rings. The number of hydrogen-bond donors (Lipinski definition) is 1. The fourth-order valence-corrected chi connectivity index (χ4v) is 4.02. The molecule has 1 fully saturated rings. The molecule has 3 rings (SSSR count). The average molecular weight is 408 g/mol. The van der Waals surface area contributed by atoms with Gasteiger partial charge in [-0.25, -0.2) is 18.6 Å². The Morgan fingerprint density at radius 1 is 1.21 bits per heavy atom. The van der Waals surface area contributed by atoms with Crippen molar-refractivity contribution in [3.05, 3.63) is 40.3 Å². The highest BCUT2D eigenvalue weighted by Crippen LogP contribution is 2.25. The van der Waals surface area contributed by atoms with Crippen LogP contribution in [-0.2, 0) is 6.54 Å². The lowest BCUT2D eigenvalue weighted by atomic mass is 9.97. The van der Waals surface area contributed by atoms with Gasteiger partial charge in [0.15, 0.2) is 11.6 Å². The van der Waals surface area contributed by atoms with Gasteiger partial charge in [-0.15, -0.1) is 0 Å². The van der Waals surface area contributed by atoms with Crippen LogP contribution in [0.25, 0.3) is 11.0 Å². The van der Waals surface area contributed by atoms with Crippen LogP contribution < -0.4 is 5.56 Å². The van der Waals surface area contributed by atoms with Crippen molar-refractivity contribution in [2.24, 2.45) is 0 Å². The van der Waals surface area contributed by atoms with Gasteiger partial charge in [-0.2, -0.15) is 0 Å². The monoisotopic (exact) mass is 408 g/mol. The van der Waals surface area contributed by atoms with E-state index in [2.05, 4.69) is 9.88 Å². The minimum atomic E-state index is -1.02. The van der Waals surface area contributed by atoms with Crippen molar-refractivity contribution in [2.45, 2.75) is 51.7 Å². The summed E-state index contributed by atoms with van der Waals surface area (Å²) < 4.78 is 28.5. The van der Waals surface area contributed by atoms with Gasteiger partial charge in [0.2, 0.25) is 0 Å². The first-order valence-electron chi connectivity index (χ1n) is 9.67. The first kappa shape index (κ1) is 21.2. The summed E-state index contributed by atoms with van der Waals surface area (Å²) in [6, 6.07) is 1.93. The summed E-state index contributed by atoms with van der Waals surface area (Å²) in [7, 11) is 0. The fraction of sp³-hybridized carbons (Fsp3) is 0.550. The van der Waals surface area contributed by atoms with E-state index < -0.39 is 23.3 Å². The molecule has 1 aliphatic heterocycles. The summed E-state index contributed by atoms with van der Waals surface area (Å²) >= 11 is 0. The molecule has 2 heterocycles.